The Balaban J connectivity index is 1.67. The average Bonchev–Trinajstić information content (AvgIpc) is 3.11. The Morgan fingerprint density at radius 2 is 1.81 bits per heavy atom. The fourth-order valence-corrected chi connectivity index (χ4v) is 4.40. The second kappa shape index (κ2) is 4.97. The van der Waals surface area contributed by atoms with Crippen LogP contribution in [0.25, 0.3) is 11.4 Å². The number of aromatic nitrogens is 2. The molecular weight excluding hydrogens is 309 g/mol. The van der Waals surface area contributed by atoms with Crippen LogP contribution in [0.4, 0.5) is 0 Å². The third-order valence-electron chi connectivity index (χ3n) is 4.83. The van der Waals surface area contributed by atoms with Crippen molar-refractivity contribution in [1.29, 1.82) is 0 Å². The van der Waals surface area contributed by atoms with Crippen LogP contribution in [-0.4, -0.2) is 16.2 Å². The van der Waals surface area contributed by atoms with E-state index < -0.39 is 0 Å². The highest BCUT2D eigenvalue weighted by Crippen LogP contribution is 2.51. The maximum absolute atomic E-state index is 6.32. The second-order valence-corrected chi connectivity index (χ2v) is 6.92. The van der Waals surface area contributed by atoms with Gasteiger partial charge in [-0.2, -0.15) is 4.98 Å². The smallest absolute Gasteiger partial charge is 0.231 e. The molecule has 0 amide bonds. The summed E-state index contributed by atoms with van der Waals surface area (Å²) in [6.45, 7) is 0. The monoisotopic (exact) mass is 323 g/mol. The number of hydrogen-bond donors (Lipinski definition) is 1. The molecule has 2 aliphatic rings. The Bertz CT molecular complexity index is 665. The third kappa shape index (κ3) is 2.26. The summed E-state index contributed by atoms with van der Waals surface area (Å²) in [5, 5.41) is 5.18. The van der Waals surface area contributed by atoms with E-state index in [-0.39, 0.29) is 12.0 Å². The van der Waals surface area contributed by atoms with E-state index in [9.17, 15) is 0 Å². The molecule has 2 aromatic rings. The SMILES string of the molecule is NC1C2CCC(C2)C1c1nc(-c2cc(Cl)cc(Cl)c2)no1. The normalized spacial score (nSPS) is 31.0. The maximum Gasteiger partial charge on any atom is 0.231 e. The molecule has 1 aromatic carbocycles. The molecule has 0 radical (unpaired) electrons. The molecule has 4 rings (SSSR count). The topological polar surface area (TPSA) is 64.9 Å². The zero-order valence-electron chi connectivity index (χ0n) is 11.3. The summed E-state index contributed by atoms with van der Waals surface area (Å²) in [4.78, 5) is 4.54. The number of fused-ring (bicyclic) bond motifs is 2. The van der Waals surface area contributed by atoms with Crippen molar-refractivity contribution in [2.45, 2.75) is 31.2 Å². The molecule has 1 aromatic heterocycles. The van der Waals surface area contributed by atoms with Crippen molar-refractivity contribution in [1.82, 2.24) is 10.1 Å². The average molecular weight is 324 g/mol. The van der Waals surface area contributed by atoms with Gasteiger partial charge in [0.25, 0.3) is 0 Å². The van der Waals surface area contributed by atoms with Crippen LogP contribution in [0.2, 0.25) is 10.0 Å². The summed E-state index contributed by atoms with van der Waals surface area (Å²) in [5.41, 5.74) is 7.09. The molecule has 2 N–H and O–H groups in total. The summed E-state index contributed by atoms with van der Waals surface area (Å²) < 4.78 is 5.48. The lowest BCUT2D eigenvalue weighted by Gasteiger charge is -2.24. The van der Waals surface area contributed by atoms with Gasteiger partial charge < -0.3 is 10.3 Å². The number of rotatable bonds is 2. The molecule has 0 saturated heterocycles. The fourth-order valence-electron chi connectivity index (χ4n) is 3.87. The Hall–Kier alpha value is -1.10. The highest BCUT2D eigenvalue weighted by atomic mass is 35.5. The Morgan fingerprint density at radius 3 is 2.48 bits per heavy atom. The number of benzene rings is 1. The minimum atomic E-state index is 0.139. The quantitative estimate of drug-likeness (QED) is 0.910. The zero-order valence-corrected chi connectivity index (χ0v) is 12.8. The molecule has 2 fully saturated rings. The maximum atomic E-state index is 6.32. The summed E-state index contributed by atoms with van der Waals surface area (Å²) >= 11 is 12.0. The number of nitrogens with two attached hydrogens (primary N) is 1. The highest BCUT2D eigenvalue weighted by molar-refractivity contribution is 6.35. The minimum Gasteiger partial charge on any atom is -0.339 e. The van der Waals surface area contributed by atoms with Gasteiger partial charge in [0, 0.05) is 21.7 Å². The molecule has 21 heavy (non-hydrogen) atoms. The summed E-state index contributed by atoms with van der Waals surface area (Å²) in [6, 6.07) is 5.38. The zero-order chi connectivity index (χ0) is 14.6. The van der Waals surface area contributed by atoms with Crippen molar-refractivity contribution in [3.8, 4) is 11.4 Å². The lowest BCUT2D eigenvalue weighted by Crippen LogP contribution is -2.34. The van der Waals surface area contributed by atoms with E-state index >= 15 is 0 Å². The molecule has 110 valence electrons. The van der Waals surface area contributed by atoms with Crippen LogP contribution in [0.1, 0.15) is 31.1 Å². The van der Waals surface area contributed by atoms with Crippen LogP contribution in [0.3, 0.4) is 0 Å². The number of hydrogen-bond acceptors (Lipinski definition) is 4. The number of nitrogens with zero attached hydrogens (tertiary/aromatic N) is 2. The molecule has 4 unspecified atom stereocenters. The second-order valence-electron chi connectivity index (χ2n) is 6.05. The summed E-state index contributed by atoms with van der Waals surface area (Å²) in [5.74, 6) is 2.56. The summed E-state index contributed by atoms with van der Waals surface area (Å²) in [7, 11) is 0. The molecule has 4 nitrogen and oxygen atoms in total. The Kier molecular flexibility index (Phi) is 3.21. The van der Waals surface area contributed by atoms with Gasteiger partial charge in [0.05, 0.1) is 5.92 Å². The van der Waals surface area contributed by atoms with Gasteiger partial charge in [0.15, 0.2) is 0 Å². The number of halogens is 2. The van der Waals surface area contributed by atoms with Gasteiger partial charge in [-0.05, 0) is 49.3 Å². The van der Waals surface area contributed by atoms with Crippen LogP contribution < -0.4 is 5.73 Å². The fraction of sp³-hybridized carbons (Fsp3) is 0.467. The van der Waals surface area contributed by atoms with Gasteiger partial charge >= 0.3 is 0 Å². The molecular formula is C15H15Cl2N3O. The standard InChI is InChI=1S/C15H15Cl2N3O/c16-10-4-9(5-11(17)6-10)14-19-15(21-20-14)12-7-1-2-8(3-7)13(12)18/h4-8,12-13H,1-3,18H2. The predicted octanol–water partition coefficient (Wildman–Crippen LogP) is 3.88. The van der Waals surface area contributed by atoms with Crippen molar-refractivity contribution in [2.75, 3.05) is 0 Å². The van der Waals surface area contributed by atoms with E-state index in [0.29, 0.717) is 33.6 Å². The summed E-state index contributed by atoms with van der Waals surface area (Å²) in [6.07, 6.45) is 3.63. The van der Waals surface area contributed by atoms with Crippen molar-refractivity contribution in [3.05, 3.63) is 34.1 Å². The highest BCUT2D eigenvalue weighted by Gasteiger charge is 2.48. The molecule has 2 aliphatic carbocycles. The third-order valence-corrected chi connectivity index (χ3v) is 5.26. The van der Waals surface area contributed by atoms with E-state index in [0.717, 1.165) is 5.56 Å². The van der Waals surface area contributed by atoms with E-state index in [1.807, 2.05) is 0 Å². The largest absolute Gasteiger partial charge is 0.339 e. The van der Waals surface area contributed by atoms with E-state index in [4.69, 9.17) is 33.5 Å². The van der Waals surface area contributed by atoms with E-state index in [1.165, 1.54) is 19.3 Å². The van der Waals surface area contributed by atoms with Gasteiger partial charge in [0.1, 0.15) is 0 Å². The predicted molar refractivity (Wildman–Crippen MR) is 81.3 cm³/mol. The first-order valence-corrected chi connectivity index (χ1v) is 7.93. The van der Waals surface area contributed by atoms with E-state index in [1.54, 1.807) is 18.2 Å². The van der Waals surface area contributed by atoms with Crippen molar-refractivity contribution < 1.29 is 4.52 Å². The van der Waals surface area contributed by atoms with Gasteiger partial charge in [0.2, 0.25) is 11.7 Å². The van der Waals surface area contributed by atoms with Gasteiger partial charge in [-0.1, -0.05) is 28.4 Å². The molecule has 4 atom stereocenters. The first kappa shape index (κ1) is 13.6. The van der Waals surface area contributed by atoms with Gasteiger partial charge in [-0.25, -0.2) is 0 Å². The van der Waals surface area contributed by atoms with Gasteiger partial charge in [-0.15, -0.1) is 0 Å². The lowest BCUT2D eigenvalue weighted by atomic mass is 9.85. The van der Waals surface area contributed by atoms with Crippen LogP contribution in [-0.2, 0) is 0 Å². The van der Waals surface area contributed by atoms with Crippen LogP contribution in [0.15, 0.2) is 22.7 Å². The van der Waals surface area contributed by atoms with E-state index in [2.05, 4.69) is 10.1 Å². The molecule has 0 spiro atoms. The van der Waals surface area contributed by atoms with Crippen molar-refractivity contribution >= 4 is 23.2 Å². The Morgan fingerprint density at radius 1 is 1.10 bits per heavy atom. The van der Waals surface area contributed by atoms with Crippen LogP contribution >= 0.6 is 23.2 Å². The molecule has 2 bridgehead atoms. The molecule has 2 saturated carbocycles. The molecule has 0 aliphatic heterocycles. The first-order chi connectivity index (χ1) is 10.1. The molecule has 6 heteroatoms. The molecule has 1 heterocycles. The van der Waals surface area contributed by atoms with Crippen LogP contribution in [0.5, 0.6) is 0 Å². The van der Waals surface area contributed by atoms with Crippen LogP contribution in [0, 0.1) is 11.8 Å². The lowest BCUT2D eigenvalue weighted by molar-refractivity contribution is 0.279. The first-order valence-electron chi connectivity index (χ1n) is 7.17. The van der Waals surface area contributed by atoms with Gasteiger partial charge in [-0.3, -0.25) is 0 Å². The van der Waals surface area contributed by atoms with Crippen molar-refractivity contribution in [2.24, 2.45) is 17.6 Å². The minimum absolute atomic E-state index is 0.139. The Labute approximate surface area is 132 Å². The van der Waals surface area contributed by atoms with Crippen molar-refractivity contribution in [3.63, 3.8) is 0 Å².